The summed E-state index contributed by atoms with van der Waals surface area (Å²) < 4.78 is 10.7. The Labute approximate surface area is 149 Å². The molecule has 0 spiro atoms. The van der Waals surface area contributed by atoms with Gasteiger partial charge in [-0.05, 0) is 30.3 Å². The number of carbonyl (C=O) groups excluding carboxylic acids is 3. The van der Waals surface area contributed by atoms with Crippen molar-refractivity contribution in [3.63, 3.8) is 0 Å². The van der Waals surface area contributed by atoms with Gasteiger partial charge in [-0.2, -0.15) is 0 Å². The number of esters is 1. The first-order valence-electron chi connectivity index (χ1n) is 7.77. The summed E-state index contributed by atoms with van der Waals surface area (Å²) in [4.78, 5) is 34.4. The van der Waals surface area contributed by atoms with Crippen LogP contribution in [0.2, 0.25) is 0 Å². The minimum atomic E-state index is -0.817. The largest absolute Gasteiger partial charge is 0.465 e. The van der Waals surface area contributed by atoms with Gasteiger partial charge in [0.2, 0.25) is 6.29 Å². The first kappa shape index (κ1) is 17.2. The van der Waals surface area contributed by atoms with Gasteiger partial charge in [0.25, 0.3) is 5.91 Å². The zero-order valence-electron chi connectivity index (χ0n) is 13.9. The van der Waals surface area contributed by atoms with E-state index in [2.05, 4.69) is 5.32 Å². The van der Waals surface area contributed by atoms with E-state index in [9.17, 15) is 14.4 Å². The van der Waals surface area contributed by atoms with Crippen LogP contribution in [0.5, 0.6) is 11.5 Å². The fraction of sp³-hybridized carbons (Fsp3) is 0.0500. The standard InChI is InChI=1S/C20H15NO5/c1-25-20(24)15-9-5-8-14-17(26-13-6-3-2-4-7-13)11-10-16(19(14)15)21-18(23)12-22/h2-12H,1H3,(H,21,23). The van der Waals surface area contributed by atoms with E-state index < -0.39 is 11.9 Å². The van der Waals surface area contributed by atoms with Crippen molar-refractivity contribution in [3.05, 3.63) is 66.2 Å². The molecule has 0 aromatic heterocycles. The third-order valence-corrected chi connectivity index (χ3v) is 3.74. The second kappa shape index (κ2) is 7.48. The third-order valence-electron chi connectivity index (χ3n) is 3.74. The number of hydrogen-bond acceptors (Lipinski definition) is 5. The predicted octanol–water partition coefficient (Wildman–Crippen LogP) is 3.56. The molecule has 26 heavy (non-hydrogen) atoms. The highest BCUT2D eigenvalue weighted by molar-refractivity contribution is 6.31. The molecule has 0 unspecified atom stereocenters. The van der Waals surface area contributed by atoms with Crippen molar-refractivity contribution in [1.82, 2.24) is 0 Å². The first-order chi connectivity index (χ1) is 12.6. The Kier molecular flexibility index (Phi) is 4.94. The van der Waals surface area contributed by atoms with Gasteiger partial charge in [0, 0.05) is 10.8 Å². The monoisotopic (exact) mass is 349 g/mol. The lowest BCUT2D eigenvalue weighted by Gasteiger charge is -2.14. The number of rotatable bonds is 5. The average molecular weight is 349 g/mol. The van der Waals surface area contributed by atoms with Crippen LogP contribution in [0.4, 0.5) is 5.69 Å². The van der Waals surface area contributed by atoms with Crippen molar-refractivity contribution in [2.45, 2.75) is 0 Å². The quantitative estimate of drug-likeness (QED) is 0.433. The first-order valence-corrected chi connectivity index (χ1v) is 7.77. The van der Waals surface area contributed by atoms with E-state index in [0.717, 1.165) is 0 Å². The maximum absolute atomic E-state index is 12.2. The molecule has 0 aliphatic carbocycles. The summed E-state index contributed by atoms with van der Waals surface area (Å²) in [6, 6.07) is 17.4. The molecule has 3 rings (SSSR count). The maximum atomic E-state index is 12.2. The number of methoxy groups -OCH3 is 1. The highest BCUT2D eigenvalue weighted by atomic mass is 16.5. The molecule has 1 N–H and O–H groups in total. The molecule has 6 nitrogen and oxygen atoms in total. The fourth-order valence-corrected chi connectivity index (χ4v) is 2.63. The van der Waals surface area contributed by atoms with Crippen LogP contribution in [0.1, 0.15) is 10.4 Å². The summed E-state index contributed by atoms with van der Waals surface area (Å²) in [5.74, 6) is -0.250. The molecule has 1 amide bonds. The molecular formula is C20H15NO5. The van der Waals surface area contributed by atoms with Gasteiger partial charge in [-0.25, -0.2) is 4.79 Å². The molecule has 130 valence electrons. The number of benzene rings is 3. The van der Waals surface area contributed by atoms with Crippen LogP contribution < -0.4 is 10.1 Å². The number of amides is 1. The van der Waals surface area contributed by atoms with Crippen molar-refractivity contribution in [3.8, 4) is 11.5 Å². The molecule has 0 atom stereocenters. The van der Waals surface area contributed by atoms with Gasteiger partial charge >= 0.3 is 5.97 Å². The average Bonchev–Trinajstić information content (AvgIpc) is 2.69. The highest BCUT2D eigenvalue weighted by Gasteiger charge is 2.17. The van der Waals surface area contributed by atoms with E-state index in [1.165, 1.54) is 7.11 Å². The number of aldehydes is 1. The molecule has 0 saturated heterocycles. The lowest BCUT2D eigenvalue weighted by Crippen LogP contribution is -2.13. The number of para-hydroxylation sites is 1. The molecular weight excluding hydrogens is 334 g/mol. The van der Waals surface area contributed by atoms with Crippen molar-refractivity contribution in [2.75, 3.05) is 12.4 Å². The van der Waals surface area contributed by atoms with Gasteiger partial charge in [-0.1, -0.05) is 30.3 Å². The summed E-state index contributed by atoms with van der Waals surface area (Å²) >= 11 is 0. The van der Waals surface area contributed by atoms with Crippen molar-refractivity contribution < 1.29 is 23.9 Å². The van der Waals surface area contributed by atoms with Gasteiger partial charge in [0.15, 0.2) is 0 Å². The molecule has 0 aliphatic rings. The van der Waals surface area contributed by atoms with Crippen molar-refractivity contribution >= 4 is 34.6 Å². The van der Waals surface area contributed by atoms with Gasteiger partial charge < -0.3 is 14.8 Å². The maximum Gasteiger partial charge on any atom is 0.338 e. The molecule has 0 fully saturated rings. The van der Waals surface area contributed by atoms with E-state index in [1.54, 1.807) is 42.5 Å². The number of ether oxygens (including phenoxy) is 2. The van der Waals surface area contributed by atoms with Crippen LogP contribution >= 0.6 is 0 Å². The Hall–Kier alpha value is -3.67. The molecule has 0 bridgehead atoms. The molecule has 0 radical (unpaired) electrons. The molecule has 6 heteroatoms. The Balaban J connectivity index is 2.19. The van der Waals surface area contributed by atoms with E-state index in [-0.39, 0.29) is 11.8 Å². The third kappa shape index (κ3) is 3.39. The minimum Gasteiger partial charge on any atom is -0.465 e. The zero-order chi connectivity index (χ0) is 18.5. The van der Waals surface area contributed by atoms with Crippen molar-refractivity contribution in [2.24, 2.45) is 0 Å². The minimum absolute atomic E-state index is 0.168. The Bertz CT molecular complexity index is 982. The number of anilines is 1. The summed E-state index contributed by atoms with van der Waals surface area (Å²) in [6.07, 6.45) is 0.168. The van der Waals surface area contributed by atoms with E-state index >= 15 is 0 Å². The van der Waals surface area contributed by atoms with Crippen LogP contribution in [-0.4, -0.2) is 25.3 Å². The summed E-state index contributed by atoms with van der Waals surface area (Å²) in [7, 11) is 1.27. The second-order valence-electron chi connectivity index (χ2n) is 5.35. The molecule has 0 saturated carbocycles. The van der Waals surface area contributed by atoms with E-state index in [1.807, 2.05) is 18.2 Å². The van der Waals surface area contributed by atoms with Gasteiger partial charge in [0.1, 0.15) is 11.5 Å². The number of hydrogen-bond donors (Lipinski definition) is 1. The predicted molar refractivity (Wildman–Crippen MR) is 96.5 cm³/mol. The number of carbonyl (C=O) groups is 3. The highest BCUT2D eigenvalue weighted by Crippen LogP contribution is 2.36. The van der Waals surface area contributed by atoms with Crippen LogP contribution in [0.25, 0.3) is 10.8 Å². The van der Waals surface area contributed by atoms with Gasteiger partial charge in [0.05, 0.1) is 18.4 Å². The summed E-state index contributed by atoms with van der Waals surface area (Å²) in [5, 5.41) is 3.51. The molecule has 3 aromatic rings. The normalized spacial score (nSPS) is 10.2. The van der Waals surface area contributed by atoms with Crippen LogP contribution in [-0.2, 0) is 14.3 Å². The topological polar surface area (TPSA) is 81.7 Å². The zero-order valence-corrected chi connectivity index (χ0v) is 13.9. The lowest BCUT2D eigenvalue weighted by molar-refractivity contribution is -0.127. The van der Waals surface area contributed by atoms with Crippen LogP contribution in [0.15, 0.2) is 60.7 Å². The van der Waals surface area contributed by atoms with E-state index in [4.69, 9.17) is 9.47 Å². The Morgan fingerprint density at radius 1 is 0.962 bits per heavy atom. The van der Waals surface area contributed by atoms with Gasteiger partial charge in [-0.15, -0.1) is 0 Å². The summed E-state index contributed by atoms with van der Waals surface area (Å²) in [6.45, 7) is 0. The Morgan fingerprint density at radius 2 is 1.73 bits per heavy atom. The fourth-order valence-electron chi connectivity index (χ4n) is 2.63. The van der Waals surface area contributed by atoms with Crippen LogP contribution in [0.3, 0.4) is 0 Å². The smallest absolute Gasteiger partial charge is 0.338 e. The van der Waals surface area contributed by atoms with Crippen LogP contribution in [0, 0.1) is 0 Å². The number of nitrogens with one attached hydrogen (secondary N) is 1. The summed E-state index contributed by atoms with van der Waals surface area (Å²) in [5.41, 5.74) is 0.572. The molecule has 3 aromatic carbocycles. The second-order valence-corrected chi connectivity index (χ2v) is 5.35. The molecule has 0 aliphatic heterocycles. The Morgan fingerprint density at radius 3 is 2.42 bits per heavy atom. The van der Waals surface area contributed by atoms with Crippen molar-refractivity contribution in [1.29, 1.82) is 0 Å². The van der Waals surface area contributed by atoms with Gasteiger partial charge in [-0.3, -0.25) is 9.59 Å². The number of fused-ring (bicyclic) bond motifs is 1. The van der Waals surface area contributed by atoms with E-state index in [0.29, 0.717) is 28.0 Å². The molecule has 0 heterocycles. The lowest BCUT2D eigenvalue weighted by atomic mass is 10.0. The SMILES string of the molecule is COC(=O)c1cccc2c(Oc3ccccc3)ccc(NC(=O)C=O)c12.